The molecule has 1 unspecified atom stereocenters. The van der Waals surface area contributed by atoms with Gasteiger partial charge < -0.3 is 20.1 Å². The third-order valence-corrected chi connectivity index (χ3v) is 3.60. The molecule has 0 radical (unpaired) electrons. The van der Waals surface area contributed by atoms with Crippen molar-refractivity contribution in [3.05, 3.63) is 29.8 Å². The zero-order valence-corrected chi connectivity index (χ0v) is 12.6. The molecule has 0 spiro atoms. The van der Waals surface area contributed by atoms with Crippen LogP contribution in [0.3, 0.4) is 0 Å². The zero-order chi connectivity index (χ0) is 14.5. The Labute approximate surface area is 116 Å². The van der Waals surface area contributed by atoms with Crippen LogP contribution in [0.2, 0.25) is 0 Å². The molecule has 0 saturated heterocycles. The number of methoxy groups -OCH3 is 2. The molecule has 1 rings (SSSR count). The number of rotatable bonds is 7. The molecule has 0 heterocycles. The van der Waals surface area contributed by atoms with Gasteiger partial charge in [0.1, 0.15) is 5.54 Å². The van der Waals surface area contributed by atoms with Crippen molar-refractivity contribution in [2.24, 2.45) is 5.73 Å². The Bertz CT molecular complexity index is 393. The summed E-state index contributed by atoms with van der Waals surface area (Å²) in [4.78, 5) is 2.23. The van der Waals surface area contributed by atoms with Crippen molar-refractivity contribution in [2.75, 3.05) is 32.2 Å². The normalized spacial score (nSPS) is 14.5. The predicted molar refractivity (Wildman–Crippen MR) is 79.5 cm³/mol. The fraction of sp³-hybridized carbons (Fsp3) is 0.600. The summed E-state index contributed by atoms with van der Waals surface area (Å²) in [6, 6.07) is 8.38. The minimum absolute atomic E-state index is 0.377. The van der Waals surface area contributed by atoms with E-state index in [2.05, 4.69) is 49.9 Å². The van der Waals surface area contributed by atoms with E-state index in [0.717, 1.165) is 12.2 Å². The maximum absolute atomic E-state index is 6.01. The van der Waals surface area contributed by atoms with E-state index < -0.39 is 5.54 Å². The zero-order valence-electron chi connectivity index (χ0n) is 12.6. The van der Waals surface area contributed by atoms with Crippen LogP contribution in [0.15, 0.2) is 24.3 Å². The number of hydrogen-bond acceptors (Lipinski definition) is 4. The first-order chi connectivity index (χ1) is 9.03. The second kappa shape index (κ2) is 6.89. The highest BCUT2D eigenvalue weighted by Crippen LogP contribution is 2.28. The largest absolute Gasteiger partial charge is 0.360 e. The van der Waals surface area contributed by atoms with Crippen LogP contribution in [0, 0.1) is 6.92 Å². The number of aryl methyl sites for hydroxylation is 1. The molecule has 4 nitrogen and oxygen atoms in total. The van der Waals surface area contributed by atoms with Crippen molar-refractivity contribution >= 4 is 5.69 Å². The lowest BCUT2D eigenvalue weighted by Crippen LogP contribution is -2.60. The third-order valence-electron chi connectivity index (χ3n) is 3.60. The molecule has 19 heavy (non-hydrogen) atoms. The van der Waals surface area contributed by atoms with E-state index in [1.54, 1.807) is 14.2 Å². The molecule has 0 fully saturated rings. The molecule has 1 aromatic rings. The molecular formula is C15H26N2O2. The maximum atomic E-state index is 6.01. The average Bonchev–Trinajstić information content (AvgIpc) is 2.41. The number of ether oxygens (including phenoxy) is 2. The molecule has 0 bridgehead atoms. The highest BCUT2D eigenvalue weighted by molar-refractivity contribution is 5.51. The van der Waals surface area contributed by atoms with E-state index in [1.807, 2.05) is 0 Å². The van der Waals surface area contributed by atoms with Gasteiger partial charge in [-0.3, -0.25) is 0 Å². The van der Waals surface area contributed by atoms with Crippen LogP contribution < -0.4 is 10.6 Å². The standard InChI is InChI=1S/C15H26N2O2/c1-6-17(13-9-7-8-12(2)10-13)15(3,11-16)14(18-4)19-5/h7-10,14H,6,11,16H2,1-5H3. The van der Waals surface area contributed by atoms with Gasteiger partial charge >= 0.3 is 0 Å². The summed E-state index contributed by atoms with van der Waals surface area (Å²) in [5.41, 5.74) is 7.96. The van der Waals surface area contributed by atoms with Gasteiger partial charge in [0.15, 0.2) is 6.29 Å². The van der Waals surface area contributed by atoms with Crippen molar-refractivity contribution in [3.8, 4) is 0 Å². The quantitative estimate of drug-likeness (QED) is 0.768. The van der Waals surface area contributed by atoms with Gasteiger partial charge in [-0.25, -0.2) is 0 Å². The minimum Gasteiger partial charge on any atom is -0.360 e. The van der Waals surface area contributed by atoms with Crippen molar-refractivity contribution in [3.63, 3.8) is 0 Å². The van der Waals surface area contributed by atoms with Crippen molar-refractivity contribution < 1.29 is 9.47 Å². The van der Waals surface area contributed by atoms with Crippen molar-refractivity contribution in [1.82, 2.24) is 0 Å². The van der Waals surface area contributed by atoms with Gasteiger partial charge in [0.25, 0.3) is 0 Å². The monoisotopic (exact) mass is 266 g/mol. The lowest BCUT2D eigenvalue weighted by atomic mass is 9.97. The Hall–Kier alpha value is -1.10. The lowest BCUT2D eigenvalue weighted by Gasteiger charge is -2.45. The van der Waals surface area contributed by atoms with E-state index >= 15 is 0 Å². The number of nitrogens with two attached hydrogens (primary N) is 1. The van der Waals surface area contributed by atoms with Crippen LogP contribution in [0.25, 0.3) is 0 Å². The second-order valence-corrected chi connectivity index (χ2v) is 4.95. The Balaban J connectivity index is 3.18. The topological polar surface area (TPSA) is 47.7 Å². The summed E-state index contributed by atoms with van der Waals surface area (Å²) < 4.78 is 10.9. The predicted octanol–water partition coefficient (Wildman–Crippen LogP) is 2.16. The van der Waals surface area contributed by atoms with Crippen molar-refractivity contribution in [1.29, 1.82) is 0 Å². The molecule has 0 saturated carbocycles. The minimum atomic E-state index is -0.411. The molecule has 0 aliphatic heterocycles. The summed E-state index contributed by atoms with van der Waals surface area (Å²) in [7, 11) is 3.29. The highest BCUT2D eigenvalue weighted by atomic mass is 16.7. The van der Waals surface area contributed by atoms with Crippen LogP contribution in [-0.4, -0.2) is 39.1 Å². The molecule has 0 amide bonds. The molecule has 1 aromatic carbocycles. The van der Waals surface area contributed by atoms with Crippen LogP contribution in [0.5, 0.6) is 0 Å². The SMILES string of the molecule is CCN(c1cccc(C)c1)C(C)(CN)C(OC)OC. The second-order valence-electron chi connectivity index (χ2n) is 4.95. The van der Waals surface area contributed by atoms with Crippen LogP contribution in [-0.2, 0) is 9.47 Å². The number of anilines is 1. The number of likely N-dealkylation sites (N-methyl/N-ethyl adjacent to an activating group) is 1. The van der Waals surface area contributed by atoms with E-state index in [4.69, 9.17) is 15.2 Å². The fourth-order valence-corrected chi connectivity index (χ4v) is 2.57. The smallest absolute Gasteiger partial charge is 0.180 e. The molecule has 108 valence electrons. The first-order valence-electron chi connectivity index (χ1n) is 6.63. The molecule has 2 N–H and O–H groups in total. The molecule has 4 heteroatoms. The maximum Gasteiger partial charge on any atom is 0.180 e. The van der Waals surface area contributed by atoms with Gasteiger partial charge in [-0.05, 0) is 38.5 Å². The molecule has 0 aliphatic rings. The van der Waals surface area contributed by atoms with Crippen LogP contribution in [0.1, 0.15) is 19.4 Å². The first-order valence-corrected chi connectivity index (χ1v) is 6.63. The molecule has 1 atom stereocenters. The fourth-order valence-electron chi connectivity index (χ4n) is 2.57. The summed E-state index contributed by atoms with van der Waals surface area (Å²) in [6.45, 7) is 7.54. The van der Waals surface area contributed by atoms with Gasteiger partial charge in [-0.15, -0.1) is 0 Å². The molecular weight excluding hydrogens is 240 g/mol. The Morgan fingerprint density at radius 2 is 1.95 bits per heavy atom. The van der Waals surface area contributed by atoms with E-state index in [1.165, 1.54) is 5.56 Å². The summed E-state index contributed by atoms with van der Waals surface area (Å²) in [5, 5.41) is 0. The number of hydrogen-bond donors (Lipinski definition) is 1. The summed E-state index contributed by atoms with van der Waals surface area (Å²) in [6.07, 6.45) is -0.377. The van der Waals surface area contributed by atoms with Crippen LogP contribution in [0.4, 0.5) is 5.69 Å². The Morgan fingerprint density at radius 3 is 2.37 bits per heavy atom. The molecule has 0 aliphatic carbocycles. The van der Waals surface area contributed by atoms with Crippen molar-refractivity contribution in [2.45, 2.75) is 32.6 Å². The van der Waals surface area contributed by atoms with Gasteiger partial charge in [0.05, 0.1) is 0 Å². The van der Waals surface area contributed by atoms with Gasteiger partial charge in [-0.1, -0.05) is 12.1 Å². The number of benzene rings is 1. The van der Waals surface area contributed by atoms with E-state index in [0.29, 0.717) is 6.54 Å². The lowest BCUT2D eigenvalue weighted by molar-refractivity contribution is -0.141. The summed E-state index contributed by atoms with van der Waals surface area (Å²) in [5.74, 6) is 0. The average molecular weight is 266 g/mol. The van der Waals surface area contributed by atoms with Crippen LogP contribution >= 0.6 is 0 Å². The molecule has 0 aromatic heterocycles. The third kappa shape index (κ3) is 3.26. The van der Waals surface area contributed by atoms with Gasteiger partial charge in [0.2, 0.25) is 0 Å². The first kappa shape index (κ1) is 16.0. The van der Waals surface area contributed by atoms with Gasteiger partial charge in [0, 0.05) is 33.0 Å². The Morgan fingerprint density at radius 1 is 1.32 bits per heavy atom. The van der Waals surface area contributed by atoms with Gasteiger partial charge in [-0.2, -0.15) is 0 Å². The van der Waals surface area contributed by atoms with E-state index in [-0.39, 0.29) is 6.29 Å². The number of nitrogens with zero attached hydrogens (tertiary/aromatic N) is 1. The summed E-state index contributed by atoms with van der Waals surface area (Å²) >= 11 is 0. The highest BCUT2D eigenvalue weighted by Gasteiger charge is 2.39. The van der Waals surface area contributed by atoms with E-state index in [9.17, 15) is 0 Å². The Kier molecular flexibility index (Phi) is 5.79.